The van der Waals surface area contributed by atoms with Gasteiger partial charge in [0.2, 0.25) is 0 Å². The van der Waals surface area contributed by atoms with Gasteiger partial charge < -0.3 is 9.84 Å². The molecule has 0 spiro atoms. The van der Waals surface area contributed by atoms with Crippen molar-refractivity contribution in [2.75, 3.05) is 7.11 Å². The molecule has 1 N–H and O–H groups in total. The third-order valence-electron chi connectivity index (χ3n) is 2.35. The highest BCUT2D eigenvalue weighted by atomic mass is 79.9. The van der Waals surface area contributed by atoms with Crippen molar-refractivity contribution in [1.82, 2.24) is 0 Å². The molecular weight excluding hydrogens is 324 g/mol. The molecular formula is C12H10BrClO2S. The molecule has 0 saturated carbocycles. The van der Waals surface area contributed by atoms with Crippen LogP contribution in [0.25, 0.3) is 0 Å². The fourth-order valence-electron chi connectivity index (χ4n) is 1.48. The van der Waals surface area contributed by atoms with Crippen molar-refractivity contribution < 1.29 is 9.84 Å². The van der Waals surface area contributed by atoms with Crippen LogP contribution in [-0.2, 0) is 0 Å². The summed E-state index contributed by atoms with van der Waals surface area (Å²) < 4.78 is 6.10. The van der Waals surface area contributed by atoms with Gasteiger partial charge in [-0.05, 0) is 39.7 Å². The van der Waals surface area contributed by atoms with E-state index in [2.05, 4.69) is 15.9 Å². The van der Waals surface area contributed by atoms with Crippen LogP contribution in [0, 0.1) is 0 Å². The molecule has 17 heavy (non-hydrogen) atoms. The Hall–Kier alpha value is -0.550. The molecule has 90 valence electrons. The Morgan fingerprint density at radius 3 is 2.76 bits per heavy atom. The van der Waals surface area contributed by atoms with Crippen LogP contribution in [0.3, 0.4) is 0 Å². The summed E-state index contributed by atoms with van der Waals surface area (Å²) in [6.07, 6.45) is -0.655. The summed E-state index contributed by atoms with van der Waals surface area (Å²) in [5, 5.41) is 12.7. The lowest BCUT2D eigenvalue weighted by atomic mass is 10.1. The molecule has 1 unspecified atom stereocenters. The normalized spacial score (nSPS) is 12.5. The number of hydrogen-bond donors (Lipinski definition) is 1. The molecule has 0 aliphatic heterocycles. The maximum absolute atomic E-state index is 10.2. The maximum atomic E-state index is 10.2. The molecule has 1 heterocycles. The van der Waals surface area contributed by atoms with Crippen molar-refractivity contribution in [2.24, 2.45) is 0 Å². The standard InChI is InChI=1S/C12H10BrClO2S/c1-16-10-4-7(2-3-9(10)14)12(15)11-5-8(13)6-17-11/h2-6,12,15H,1H3. The lowest BCUT2D eigenvalue weighted by molar-refractivity contribution is 0.223. The van der Waals surface area contributed by atoms with Crippen molar-refractivity contribution in [3.8, 4) is 5.75 Å². The highest BCUT2D eigenvalue weighted by molar-refractivity contribution is 9.10. The lowest BCUT2D eigenvalue weighted by Crippen LogP contribution is -1.97. The van der Waals surface area contributed by atoms with Gasteiger partial charge in [-0.25, -0.2) is 0 Å². The van der Waals surface area contributed by atoms with Crippen LogP contribution in [0.2, 0.25) is 5.02 Å². The van der Waals surface area contributed by atoms with Crippen LogP contribution in [0.1, 0.15) is 16.5 Å². The molecule has 0 aliphatic rings. The third kappa shape index (κ3) is 2.83. The van der Waals surface area contributed by atoms with Crippen molar-refractivity contribution in [1.29, 1.82) is 0 Å². The summed E-state index contributed by atoms with van der Waals surface area (Å²) in [5.74, 6) is 0.568. The van der Waals surface area contributed by atoms with E-state index in [1.54, 1.807) is 25.3 Å². The van der Waals surface area contributed by atoms with Gasteiger partial charge in [-0.1, -0.05) is 17.7 Å². The highest BCUT2D eigenvalue weighted by Gasteiger charge is 2.14. The SMILES string of the molecule is COc1cc(C(O)c2cc(Br)cs2)ccc1Cl. The summed E-state index contributed by atoms with van der Waals surface area (Å²) >= 11 is 10.8. The average Bonchev–Trinajstić information content (AvgIpc) is 2.75. The molecule has 2 rings (SSSR count). The Morgan fingerprint density at radius 2 is 2.18 bits per heavy atom. The Bertz CT molecular complexity index is 527. The summed E-state index contributed by atoms with van der Waals surface area (Å²) in [5.41, 5.74) is 0.764. The number of thiophene rings is 1. The summed E-state index contributed by atoms with van der Waals surface area (Å²) in [7, 11) is 1.55. The fraction of sp³-hybridized carbons (Fsp3) is 0.167. The molecule has 1 atom stereocenters. The highest BCUT2D eigenvalue weighted by Crippen LogP contribution is 2.33. The Morgan fingerprint density at radius 1 is 1.41 bits per heavy atom. The van der Waals surface area contributed by atoms with Gasteiger partial charge in [-0.3, -0.25) is 0 Å². The van der Waals surface area contributed by atoms with Crippen LogP contribution in [0.15, 0.2) is 34.1 Å². The van der Waals surface area contributed by atoms with E-state index in [4.69, 9.17) is 16.3 Å². The van der Waals surface area contributed by atoms with Gasteiger partial charge in [-0.15, -0.1) is 11.3 Å². The zero-order chi connectivity index (χ0) is 12.4. The van der Waals surface area contributed by atoms with E-state index in [1.807, 2.05) is 11.4 Å². The molecule has 0 amide bonds. The molecule has 1 aromatic heterocycles. The van der Waals surface area contributed by atoms with Gasteiger partial charge in [0.15, 0.2) is 0 Å². The molecule has 2 nitrogen and oxygen atoms in total. The van der Waals surface area contributed by atoms with Crippen LogP contribution in [0.5, 0.6) is 5.75 Å². The molecule has 2 aromatic rings. The molecule has 0 fully saturated rings. The van der Waals surface area contributed by atoms with E-state index in [0.717, 1.165) is 14.9 Å². The van der Waals surface area contributed by atoms with Crippen molar-refractivity contribution in [3.05, 3.63) is 49.6 Å². The van der Waals surface area contributed by atoms with Crippen molar-refractivity contribution >= 4 is 38.9 Å². The first kappa shape index (κ1) is 12.9. The molecule has 0 aliphatic carbocycles. The van der Waals surface area contributed by atoms with E-state index in [9.17, 15) is 5.11 Å². The fourth-order valence-corrected chi connectivity index (χ4v) is 3.13. The number of methoxy groups -OCH3 is 1. The number of hydrogen-bond acceptors (Lipinski definition) is 3. The predicted molar refractivity (Wildman–Crippen MR) is 74.1 cm³/mol. The zero-order valence-corrected chi connectivity index (χ0v) is 12.1. The van der Waals surface area contributed by atoms with Crippen LogP contribution < -0.4 is 4.74 Å². The minimum Gasteiger partial charge on any atom is -0.495 e. The second-order valence-corrected chi connectivity index (χ2v) is 5.73. The second kappa shape index (κ2) is 5.40. The van der Waals surface area contributed by atoms with Gasteiger partial charge in [0, 0.05) is 14.7 Å². The molecule has 5 heteroatoms. The van der Waals surface area contributed by atoms with Gasteiger partial charge in [-0.2, -0.15) is 0 Å². The van der Waals surface area contributed by atoms with E-state index < -0.39 is 6.10 Å². The quantitative estimate of drug-likeness (QED) is 0.909. The van der Waals surface area contributed by atoms with E-state index in [1.165, 1.54) is 11.3 Å². The van der Waals surface area contributed by atoms with Gasteiger partial charge in [0.05, 0.1) is 12.1 Å². The number of rotatable bonds is 3. The van der Waals surface area contributed by atoms with E-state index >= 15 is 0 Å². The molecule has 0 radical (unpaired) electrons. The van der Waals surface area contributed by atoms with Crippen LogP contribution >= 0.6 is 38.9 Å². The van der Waals surface area contributed by atoms with E-state index in [0.29, 0.717) is 10.8 Å². The first-order valence-corrected chi connectivity index (χ1v) is 6.92. The Balaban J connectivity index is 2.34. The molecule has 1 aromatic carbocycles. The smallest absolute Gasteiger partial charge is 0.137 e. The van der Waals surface area contributed by atoms with Crippen LogP contribution in [-0.4, -0.2) is 12.2 Å². The topological polar surface area (TPSA) is 29.5 Å². The number of ether oxygens (including phenoxy) is 1. The van der Waals surface area contributed by atoms with Crippen LogP contribution in [0.4, 0.5) is 0 Å². The van der Waals surface area contributed by atoms with Gasteiger partial charge >= 0.3 is 0 Å². The Kier molecular flexibility index (Phi) is 4.09. The minimum atomic E-state index is -0.655. The largest absolute Gasteiger partial charge is 0.495 e. The van der Waals surface area contributed by atoms with E-state index in [-0.39, 0.29) is 0 Å². The van der Waals surface area contributed by atoms with Crippen molar-refractivity contribution in [2.45, 2.75) is 6.10 Å². The molecule has 0 saturated heterocycles. The minimum absolute atomic E-state index is 0.538. The number of aliphatic hydroxyl groups excluding tert-OH is 1. The van der Waals surface area contributed by atoms with Gasteiger partial charge in [0.25, 0.3) is 0 Å². The average molecular weight is 334 g/mol. The third-order valence-corrected chi connectivity index (χ3v) is 4.41. The molecule has 0 bridgehead atoms. The van der Waals surface area contributed by atoms with Gasteiger partial charge in [0.1, 0.15) is 11.9 Å². The predicted octanol–water partition coefficient (Wildman–Crippen LogP) is 4.25. The summed E-state index contributed by atoms with van der Waals surface area (Å²) in [6, 6.07) is 7.17. The number of halogens is 2. The second-order valence-electron chi connectivity index (χ2n) is 3.46. The maximum Gasteiger partial charge on any atom is 0.137 e. The summed E-state index contributed by atoms with van der Waals surface area (Å²) in [4.78, 5) is 0.876. The first-order valence-electron chi connectivity index (χ1n) is 4.87. The summed E-state index contributed by atoms with van der Waals surface area (Å²) in [6.45, 7) is 0. The van der Waals surface area contributed by atoms with Crippen molar-refractivity contribution in [3.63, 3.8) is 0 Å². The lowest BCUT2D eigenvalue weighted by Gasteiger charge is -2.11. The Labute approximate surface area is 117 Å². The zero-order valence-electron chi connectivity index (χ0n) is 8.98. The first-order chi connectivity index (χ1) is 8.11. The monoisotopic (exact) mass is 332 g/mol. The number of benzene rings is 1. The number of aliphatic hydroxyl groups is 1.